The Morgan fingerprint density at radius 2 is 2.14 bits per heavy atom. The van der Waals surface area contributed by atoms with E-state index in [1.54, 1.807) is 11.3 Å². The minimum atomic E-state index is -0.571. The van der Waals surface area contributed by atoms with E-state index >= 15 is 0 Å². The van der Waals surface area contributed by atoms with Gasteiger partial charge < -0.3 is 10.2 Å². The van der Waals surface area contributed by atoms with Gasteiger partial charge in [-0.15, -0.1) is 0 Å². The summed E-state index contributed by atoms with van der Waals surface area (Å²) in [6.07, 6.45) is 5.19. The second kappa shape index (κ2) is 5.79. The molecule has 2 aliphatic rings. The number of thiophene rings is 1. The van der Waals surface area contributed by atoms with Crippen molar-refractivity contribution in [1.29, 1.82) is 0 Å². The van der Waals surface area contributed by atoms with Crippen molar-refractivity contribution in [2.24, 2.45) is 0 Å². The first kappa shape index (κ1) is 14.6. The van der Waals surface area contributed by atoms with Crippen LogP contribution in [0.2, 0.25) is 0 Å². The molecule has 5 heteroatoms. The lowest BCUT2D eigenvalue weighted by Gasteiger charge is -2.46. The first-order valence-corrected chi connectivity index (χ1v) is 8.75. The zero-order valence-electron chi connectivity index (χ0n) is 12.4. The molecule has 1 aromatic heterocycles. The predicted octanol–water partition coefficient (Wildman–Crippen LogP) is 2.34. The number of hydrogen-bond donors (Lipinski definition) is 1. The lowest BCUT2D eigenvalue weighted by Crippen LogP contribution is -2.69. The summed E-state index contributed by atoms with van der Waals surface area (Å²) in [5.41, 5.74) is 0.679. The maximum absolute atomic E-state index is 12.7. The average Bonchev–Trinajstić information content (AvgIpc) is 3.15. The Labute approximate surface area is 129 Å². The van der Waals surface area contributed by atoms with Crippen LogP contribution >= 0.6 is 11.3 Å². The molecule has 1 aliphatic carbocycles. The number of amides is 2. The van der Waals surface area contributed by atoms with E-state index in [2.05, 4.69) is 22.1 Å². The molecule has 2 heterocycles. The van der Waals surface area contributed by atoms with Crippen LogP contribution in [-0.2, 0) is 16.0 Å². The van der Waals surface area contributed by atoms with Crippen LogP contribution in [0.5, 0.6) is 0 Å². The minimum absolute atomic E-state index is 0.0665. The highest BCUT2D eigenvalue weighted by atomic mass is 32.1. The van der Waals surface area contributed by atoms with Crippen LogP contribution in [0.3, 0.4) is 0 Å². The first-order chi connectivity index (χ1) is 10.2. The summed E-state index contributed by atoms with van der Waals surface area (Å²) in [7, 11) is 0. The zero-order chi connectivity index (χ0) is 14.9. The molecule has 0 radical (unpaired) electrons. The van der Waals surface area contributed by atoms with Gasteiger partial charge >= 0.3 is 0 Å². The maximum Gasteiger partial charge on any atom is 0.246 e. The Balaban J connectivity index is 1.83. The monoisotopic (exact) mass is 306 g/mol. The van der Waals surface area contributed by atoms with E-state index in [1.807, 2.05) is 11.8 Å². The number of rotatable bonds is 4. The normalized spacial score (nSPS) is 24.6. The van der Waals surface area contributed by atoms with Crippen LogP contribution in [-0.4, -0.2) is 34.8 Å². The lowest BCUT2D eigenvalue weighted by molar-refractivity contribution is -0.157. The van der Waals surface area contributed by atoms with E-state index in [0.717, 1.165) is 32.1 Å². The molecule has 1 aliphatic heterocycles. The molecular weight excluding hydrogens is 284 g/mol. The summed E-state index contributed by atoms with van der Waals surface area (Å²) in [5, 5.41) is 7.12. The van der Waals surface area contributed by atoms with Gasteiger partial charge in [-0.25, -0.2) is 0 Å². The molecule has 1 aromatic rings. The van der Waals surface area contributed by atoms with Gasteiger partial charge in [0.25, 0.3) is 0 Å². The number of nitrogens with zero attached hydrogens (tertiary/aromatic N) is 1. The number of carbonyl (C=O) groups excluding carboxylic acids is 2. The molecule has 1 N–H and O–H groups in total. The number of carbonyl (C=O) groups is 2. The van der Waals surface area contributed by atoms with E-state index in [9.17, 15) is 9.59 Å². The van der Waals surface area contributed by atoms with Gasteiger partial charge in [-0.1, -0.05) is 19.8 Å². The molecule has 1 atom stereocenters. The Morgan fingerprint density at radius 3 is 2.76 bits per heavy atom. The van der Waals surface area contributed by atoms with Gasteiger partial charge in [0.2, 0.25) is 11.8 Å². The molecule has 2 fully saturated rings. The Kier molecular flexibility index (Phi) is 4.02. The van der Waals surface area contributed by atoms with Crippen LogP contribution in [0.15, 0.2) is 16.8 Å². The predicted molar refractivity (Wildman–Crippen MR) is 83.2 cm³/mol. The second-order valence-corrected chi connectivity index (χ2v) is 6.82. The highest BCUT2D eigenvalue weighted by Crippen LogP contribution is 2.38. The van der Waals surface area contributed by atoms with Crippen LogP contribution in [0.1, 0.15) is 44.6 Å². The topological polar surface area (TPSA) is 49.4 Å². The van der Waals surface area contributed by atoms with Crippen molar-refractivity contribution in [3.05, 3.63) is 22.4 Å². The molecule has 114 valence electrons. The quantitative estimate of drug-likeness (QED) is 0.928. The van der Waals surface area contributed by atoms with Crippen LogP contribution in [0.25, 0.3) is 0 Å². The molecular formula is C16H22N2O2S. The van der Waals surface area contributed by atoms with Gasteiger partial charge in [0.15, 0.2) is 0 Å². The van der Waals surface area contributed by atoms with Gasteiger partial charge in [-0.05, 0) is 48.1 Å². The third-order valence-corrected chi connectivity index (χ3v) is 5.58. The highest BCUT2D eigenvalue weighted by Gasteiger charge is 2.52. The van der Waals surface area contributed by atoms with Crippen molar-refractivity contribution in [3.63, 3.8) is 0 Å². The molecule has 1 spiro atoms. The molecule has 3 rings (SSSR count). The second-order valence-electron chi connectivity index (χ2n) is 6.04. The van der Waals surface area contributed by atoms with Crippen molar-refractivity contribution in [1.82, 2.24) is 10.2 Å². The SMILES string of the molecule is CCC1NC(=O)C2(CCCC2)N(CCc2ccsc2)C1=O. The highest BCUT2D eigenvalue weighted by molar-refractivity contribution is 7.07. The molecule has 2 amide bonds. The summed E-state index contributed by atoms with van der Waals surface area (Å²) in [6.45, 7) is 2.60. The Bertz CT molecular complexity index is 520. The number of piperazine rings is 1. The smallest absolute Gasteiger partial charge is 0.246 e. The maximum atomic E-state index is 12.7. The molecule has 1 unspecified atom stereocenters. The molecule has 4 nitrogen and oxygen atoms in total. The van der Waals surface area contributed by atoms with Gasteiger partial charge in [-0.2, -0.15) is 11.3 Å². The summed E-state index contributed by atoms with van der Waals surface area (Å²) in [5.74, 6) is 0.172. The number of hydrogen-bond acceptors (Lipinski definition) is 3. The molecule has 0 bridgehead atoms. The summed E-state index contributed by atoms with van der Waals surface area (Å²) >= 11 is 1.67. The summed E-state index contributed by atoms with van der Waals surface area (Å²) in [4.78, 5) is 27.2. The third kappa shape index (κ3) is 2.48. The molecule has 1 saturated carbocycles. The van der Waals surface area contributed by atoms with Crippen LogP contribution in [0.4, 0.5) is 0 Å². The first-order valence-electron chi connectivity index (χ1n) is 7.81. The summed E-state index contributed by atoms with van der Waals surface area (Å²) in [6, 6.07) is 1.75. The lowest BCUT2D eigenvalue weighted by atomic mass is 9.88. The fourth-order valence-electron chi connectivity index (χ4n) is 3.61. The van der Waals surface area contributed by atoms with E-state index in [1.165, 1.54) is 5.56 Å². The molecule has 21 heavy (non-hydrogen) atoms. The van der Waals surface area contributed by atoms with E-state index < -0.39 is 5.54 Å². The van der Waals surface area contributed by atoms with Crippen molar-refractivity contribution in [3.8, 4) is 0 Å². The summed E-state index contributed by atoms with van der Waals surface area (Å²) < 4.78 is 0. The number of nitrogens with one attached hydrogen (secondary N) is 1. The minimum Gasteiger partial charge on any atom is -0.342 e. The van der Waals surface area contributed by atoms with Gasteiger partial charge in [0, 0.05) is 6.54 Å². The van der Waals surface area contributed by atoms with Crippen LogP contribution < -0.4 is 5.32 Å². The van der Waals surface area contributed by atoms with Crippen LogP contribution in [0, 0.1) is 0 Å². The fraction of sp³-hybridized carbons (Fsp3) is 0.625. The van der Waals surface area contributed by atoms with E-state index in [-0.39, 0.29) is 17.9 Å². The third-order valence-electron chi connectivity index (χ3n) is 4.85. The van der Waals surface area contributed by atoms with Crippen molar-refractivity contribution in [2.75, 3.05) is 6.54 Å². The van der Waals surface area contributed by atoms with Crippen molar-refractivity contribution < 1.29 is 9.59 Å². The largest absolute Gasteiger partial charge is 0.342 e. The Morgan fingerprint density at radius 1 is 1.38 bits per heavy atom. The van der Waals surface area contributed by atoms with Gasteiger partial charge in [0.1, 0.15) is 11.6 Å². The van der Waals surface area contributed by atoms with Crippen molar-refractivity contribution in [2.45, 2.75) is 57.0 Å². The Hall–Kier alpha value is -1.36. The molecule has 0 aromatic carbocycles. The van der Waals surface area contributed by atoms with Gasteiger partial charge in [-0.3, -0.25) is 9.59 Å². The average molecular weight is 306 g/mol. The fourth-order valence-corrected chi connectivity index (χ4v) is 4.31. The molecule has 1 saturated heterocycles. The van der Waals surface area contributed by atoms with Crippen molar-refractivity contribution >= 4 is 23.2 Å². The van der Waals surface area contributed by atoms with E-state index in [4.69, 9.17) is 0 Å². The standard InChI is InChI=1S/C16H22N2O2S/c1-2-13-14(19)18(9-5-12-6-10-21-11-12)16(15(20)17-13)7-3-4-8-16/h6,10-11,13H,2-5,7-9H2,1H3,(H,17,20). The van der Waals surface area contributed by atoms with Gasteiger partial charge in [0.05, 0.1) is 0 Å². The van der Waals surface area contributed by atoms with E-state index in [0.29, 0.717) is 13.0 Å². The zero-order valence-corrected chi connectivity index (χ0v) is 13.2.